The first kappa shape index (κ1) is 20.0. The van der Waals surface area contributed by atoms with Crippen LogP contribution < -0.4 is 24.8 Å². The summed E-state index contributed by atoms with van der Waals surface area (Å²) in [6.45, 7) is 0. The van der Waals surface area contributed by atoms with E-state index in [2.05, 4.69) is 84.9 Å². The second-order valence-corrected chi connectivity index (χ2v) is 4.31. The normalized spacial score (nSPS) is 8.76. The minimum atomic E-state index is 0. The average Bonchev–Trinajstić information content (AvgIpc) is 3.08. The zero-order valence-electron chi connectivity index (χ0n) is 11.3. The van der Waals surface area contributed by atoms with Gasteiger partial charge in [0.25, 0.3) is 0 Å². The van der Waals surface area contributed by atoms with E-state index in [1.807, 2.05) is 0 Å². The molecule has 4 aliphatic rings. The molecule has 3 heteroatoms. The van der Waals surface area contributed by atoms with Crippen molar-refractivity contribution in [3.8, 4) is 22.3 Å². The number of hydrogen-bond donors (Lipinski definition) is 0. The van der Waals surface area contributed by atoms with Gasteiger partial charge in [0.15, 0.2) is 0 Å². The van der Waals surface area contributed by atoms with Crippen LogP contribution in [0.4, 0.5) is 0 Å². The van der Waals surface area contributed by atoms with Gasteiger partial charge in [-0.05, 0) is 0 Å². The van der Waals surface area contributed by atoms with E-state index >= 15 is 0 Å². The molecule has 4 rings (SSSR count). The standard InChI is InChI=1S/2C9H7.2ClH.Ti/c2*1-2-5-9-7-3-6-8(9)4-1;;;/h2*1-7H;2*1H;/q2*-1;;;+4/p-2. The van der Waals surface area contributed by atoms with Crippen molar-refractivity contribution >= 4 is 0 Å². The molecule has 0 amide bonds. The van der Waals surface area contributed by atoms with Crippen LogP contribution in [0.15, 0.2) is 84.9 Å². The summed E-state index contributed by atoms with van der Waals surface area (Å²) < 4.78 is 0. The Bertz CT molecular complexity index is 555. The number of rotatable bonds is 0. The van der Waals surface area contributed by atoms with Gasteiger partial charge < -0.3 is 24.8 Å². The topological polar surface area (TPSA) is 0 Å². The minimum absolute atomic E-state index is 0. The van der Waals surface area contributed by atoms with Crippen LogP contribution in [0, 0.1) is 0 Å². The molecule has 4 aliphatic carbocycles. The summed E-state index contributed by atoms with van der Waals surface area (Å²) in [6, 6.07) is 29.3. The van der Waals surface area contributed by atoms with Crippen molar-refractivity contribution in [1.82, 2.24) is 0 Å². The zero-order chi connectivity index (χ0) is 12.2. The van der Waals surface area contributed by atoms with Crippen molar-refractivity contribution in [2.24, 2.45) is 0 Å². The monoisotopic (exact) mass is 348 g/mol. The molecule has 0 radical (unpaired) electrons. The van der Waals surface area contributed by atoms with Crippen LogP contribution in [-0.4, -0.2) is 0 Å². The Kier molecular flexibility index (Phi) is 9.32. The summed E-state index contributed by atoms with van der Waals surface area (Å²) in [6.07, 6.45) is 0. The Hall–Kier alpha value is -1.05. The maximum atomic E-state index is 2.12. The number of benzene rings is 2. The average molecular weight is 349 g/mol. The maximum Gasteiger partial charge on any atom is 4.00 e. The van der Waals surface area contributed by atoms with E-state index < -0.39 is 0 Å². The van der Waals surface area contributed by atoms with Gasteiger partial charge in [-0.3, -0.25) is 0 Å². The molecular weight excluding hydrogens is 335 g/mol. The Morgan fingerprint density at radius 3 is 1.29 bits per heavy atom. The molecule has 21 heavy (non-hydrogen) atoms. The van der Waals surface area contributed by atoms with Crippen LogP contribution in [0.3, 0.4) is 0 Å². The first-order valence-corrected chi connectivity index (χ1v) is 6.14. The SMILES string of the molecule is [Cl-].[Cl-].[Ti+4].c1cc2cc[cH-]cc-2c1.c1cc2cc[cH-]cc-2c1. The summed E-state index contributed by atoms with van der Waals surface area (Å²) in [7, 11) is 0. The Morgan fingerprint density at radius 2 is 0.905 bits per heavy atom. The molecule has 0 aromatic rings. The number of fused-ring (bicyclic) bond motifs is 2. The second-order valence-electron chi connectivity index (χ2n) is 4.31. The van der Waals surface area contributed by atoms with Crippen molar-refractivity contribution in [2.75, 3.05) is 0 Å². The molecule has 0 bridgehead atoms. The molecule has 0 fully saturated rings. The van der Waals surface area contributed by atoms with Crippen LogP contribution in [0.2, 0.25) is 0 Å². The molecule has 0 aromatic heterocycles. The first-order valence-electron chi connectivity index (χ1n) is 6.14. The molecule has 0 aliphatic heterocycles. The molecule has 0 N–H and O–H groups in total. The fraction of sp³-hybridized carbons (Fsp3) is 0. The smallest absolute Gasteiger partial charge is 1.00 e. The van der Waals surface area contributed by atoms with E-state index in [4.69, 9.17) is 0 Å². The summed E-state index contributed by atoms with van der Waals surface area (Å²) in [4.78, 5) is 0. The third kappa shape index (κ3) is 5.02. The minimum Gasteiger partial charge on any atom is -1.00 e. The molecule has 0 unspecified atom stereocenters. The Balaban J connectivity index is 0.000000333. The molecule has 0 spiro atoms. The van der Waals surface area contributed by atoms with E-state index in [1.54, 1.807) is 0 Å². The summed E-state index contributed by atoms with van der Waals surface area (Å²) in [5.41, 5.74) is 5.32. The predicted molar refractivity (Wildman–Crippen MR) is 77.3 cm³/mol. The Labute approximate surface area is 153 Å². The van der Waals surface area contributed by atoms with Crippen LogP contribution in [0.25, 0.3) is 22.3 Å². The van der Waals surface area contributed by atoms with Gasteiger partial charge in [0.2, 0.25) is 0 Å². The van der Waals surface area contributed by atoms with Crippen molar-refractivity contribution in [2.45, 2.75) is 0 Å². The number of hydrogen-bond acceptors (Lipinski definition) is 0. The predicted octanol–water partition coefficient (Wildman–Crippen LogP) is -0.974. The van der Waals surface area contributed by atoms with E-state index in [0.29, 0.717) is 0 Å². The van der Waals surface area contributed by atoms with E-state index in [1.165, 1.54) is 22.3 Å². The molecular formula is C18H14Cl2Ti. The van der Waals surface area contributed by atoms with Crippen molar-refractivity contribution < 1.29 is 46.5 Å². The van der Waals surface area contributed by atoms with Crippen LogP contribution in [-0.2, 0) is 21.7 Å². The molecule has 0 aromatic carbocycles. The third-order valence-corrected chi connectivity index (χ3v) is 3.10. The van der Waals surface area contributed by atoms with Crippen molar-refractivity contribution in [3.63, 3.8) is 0 Å². The molecule has 0 saturated carbocycles. The van der Waals surface area contributed by atoms with Gasteiger partial charge in [0, 0.05) is 0 Å². The van der Waals surface area contributed by atoms with E-state index in [-0.39, 0.29) is 46.5 Å². The zero-order valence-corrected chi connectivity index (χ0v) is 14.4. The first-order chi connectivity index (χ1) is 8.93. The van der Waals surface area contributed by atoms with Crippen LogP contribution in [0.1, 0.15) is 0 Å². The van der Waals surface area contributed by atoms with Gasteiger partial charge in [0.1, 0.15) is 0 Å². The van der Waals surface area contributed by atoms with Crippen LogP contribution >= 0.6 is 0 Å². The maximum absolute atomic E-state index is 2.12. The molecule has 0 saturated heterocycles. The van der Waals surface area contributed by atoms with Gasteiger partial charge in [-0.2, -0.15) is 48.5 Å². The van der Waals surface area contributed by atoms with E-state index in [0.717, 1.165) is 0 Å². The van der Waals surface area contributed by atoms with Crippen LogP contribution in [0.5, 0.6) is 0 Å². The van der Waals surface area contributed by atoms with Crippen molar-refractivity contribution in [1.29, 1.82) is 0 Å². The third-order valence-electron chi connectivity index (χ3n) is 3.10. The fourth-order valence-electron chi connectivity index (χ4n) is 2.14. The molecule has 0 nitrogen and oxygen atoms in total. The van der Waals surface area contributed by atoms with Gasteiger partial charge in [-0.25, -0.2) is 0 Å². The van der Waals surface area contributed by atoms with Gasteiger partial charge in [-0.15, -0.1) is 34.4 Å². The molecule has 104 valence electrons. The second kappa shape index (κ2) is 9.81. The van der Waals surface area contributed by atoms with Gasteiger partial charge in [0.05, 0.1) is 0 Å². The largest absolute Gasteiger partial charge is 4.00 e. The Morgan fingerprint density at radius 1 is 0.524 bits per heavy atom. The summed E-state index contributed by atoms with van der Waals surface area (Å²) >= 11 is 0. The quantitative estimate of drug-likeness (QED) is 0.283. The summed E-state index contributed by atoms with van der Waals surface area (Å²) in [5, 5.41) is 0. The van der Waals surface area contributed by atoms with Gasteiger partial charge in [-0.1, -0.05) is 24.3 Å². The van der Waals surface area contributed by atoms with Gasteiger partial charge >= 0.3 is 21.7 Å². The fourth-order valence-corrected chi connectivity index (χ4v) is 2.14. The number of halogens is 2. The molecule has 0 heterocycles. The summed E-state index contributed by atoms with van der Waals surface area (Å²) in [5.74, 6) is 0. The van der Waals surface area contributed by atoms with E-state index in [9.17, 15) is 0 Å². The van der Waals surface area contributed by atoms with Crippen molar-refractivity contribution in [3.05, 3.63) is 84.9 Å². The molecule has 0 atom stereocenters.